The summed E-state index contributed by atoms with van der Waals surface area (Å²) in [6.07, 6.45) is 3.31. The van der Waals surface area contributed by atoms with Gasteiger partial charge in [0, 0.05) is 25.2 Å². The molecular weight excluding hydrogens is 267 g/mol. The second-order valence-electron chi connectivity index (χ2n) is 5.98. The van der Waals surface area contributed by atoms with Crippen LogP contribution >= 0.6 is 0 Å². The number of carbonyl (C=O) groups excluding carboxylic acids is 1. The summed E-state index contributed by atoms with van der Waals surface area (Å²) in [7, 11) is 1.86. The highest BCUT2D eigenvalue weighted by molar-refractivity contribution is 5.94. The molecule has 1 amide bonds. The van der Waals surface area contributed by atoms with E-state index in [1.54, 1.807) is 19.1 Å². The Morgan fingerprint density at radius 1 is 1.43 bits per heavy atom. The number of hydrogen-bond donors (Lipinski definition) is 0. The minimum atomic E-state index is -0.264. The van der Waals surface area contributed by atoms with Crippen molar-refractivity contribution in [3.63, 3.8) is 0 Å². The minimum absolute atomic E-state index is 0.0166. The first-order valence-corrected chi connectivity index (χ1v) is 7.78. The van der Waals surface area contributed by atoms with Crippen molar-refractivity contribution >= 4 is 5.91 Å². The highest BCUT2D eigenvalue weighted by atomic mass is 19.1. The molecule has 1 aliphatic heterocycles. The molecule has 0 aliphatic carbocycles. The number of benzene rings is 1. The normalized spacial score (nSPS) is 16.4. The van der Waals surface area contributed by atoms with Crippen molar-refractivity contribution in [2.24, 2.45) is 0 Å². The monoisotopic (exact) mass is 292 g/mol. The first-order valence-electron chi connectivity index (χ1n) is 7.78. The van der Waals surface area contributed by atoms with Crippen LogP contribution in [0, 0.1) is 12.7 Å². The number of likely N-dealkylation sites (tertiary alicyclic amines) is 1. The van der Waals surface area contributed by atoms with E-state index in [1.165, 1.54) is 12.5 Å². The van der Waals surface area contributed by atoms with Crippen molar-refractivity contribution in [3.8, 4) is 0 Å². The Balaban J connectivity index is 2.08. The number of halogens is 1. The van der Waals surface area contributed by atoms with Gasteiger partial charge < -0.3 is 9.80 Å². The lowest BCUT2D eigenvalue weighted by molar-refractivity contribution is 0.0627. The Hall–Kier alpha value is -1.42. The Bertz CT molecular complexity index is 500. The van der Waals surface area contributed by atoms with Crippen LogP contribution in [0.15, 0.2) is 18.2 Å². The van der Waals surface area contributed by atoms with Crippen molar-refractivity contribution < 1.29 is 9.18 Å². The molecule has 0 spiro atoms. The molecule has 2 rings (SSSR count). The Labute approximate surface area is 126 Å². The van der Waals surface area contributed by atoms with Crippen LogP contribution in [0.3, 0.4) is 0 Å². The van der Waals surface area contributed by atoms with Crippen LogP contribution in [-0.2, 0) is 0 Å². The molecule has 3 nitrogen and oxygen atoms in total. The molecule has 1 aromatic rings. The van der Waals surface area contributed by atoms with Crippen molar-refractivity contribution in [2.45, 2.75) is 39.2 Å². The summed E-state index contributed by atoms with van der Waals surface area (Å²) in [5.41, 5.74) is 1.09. The fraction of sp³-hybridized carbons (Fsp3) is 0.588. The maximum atomic E-state index is 13.3. The van der Waals surface area contributed by atoms with E-state index in [1.807, 2.05) is 11.9 Å². The van der Waals surface area contributed by atoms with Crippen molar-refractivity contribution in [1.82, 2.24) is 9.80 Å². The molecule has 1 fully saturated rings. The van der Waals surface area contributed by atoms with Gasteiger partial charge in [-0.3, -0.25) is 4.79 Å². The highest BCUT2D eigenvalue weighted by Crippen LogP contribution is 2.17. The van der Waals surface area contributed by atoms with Gasteiger partial charge >= 0.3 is 0 Å². The molecule has 0 bridgehead atoms. The first kappa shape index (κ1) is 16.0. The topological polar surface area (TPSA) is 23.6 Å². The smallest absolute Gasteiger partial charge is 0.253 e. The fourth-order valence-corrected chi connectivity index (χ4v) is 2.75. The Kier molecular flexibility index (Phi) is 5.34. The standard InChI is InChI=1S/C17H25FN2O/c1-4-6-15(12-20-9-5-10-20)19(3)17(21)14-7-8-16(18)13(2)11-14/h7-8,11,15H,4-6,9-10,12H2,1-3H3. The summed E-state index contributed by atoms with van der Waals surface area (Å²) >= 11 is 0. The average molecular weight is 292 g/mol. The van der Waals surface area contributed by atoms with Crippen LogP contribution in [0.5, 0.6) is 0 Å². The molecule has 0 radical (unpaired) electrons. The molecule has 0 N–H and O–H groups in total. The number of likely N-dealkylation sites (N-methyl/N-ethyl adjacent to an activating group) is 1. The van der Waals surface area contributed by atoms with E-state index in [0.717, 1.165) is 32.5 Å². The lowest BCUT2D eigenvalue weighted by atomic mass is 10.1. The van der Waals surface area contributed by atoms with Gasteiger partial charge in [-0.1, -0.05) is 13.3 Å². The molecular formula is C17H25FN2O. The van der Waals surface area contributed by atoms with Crippen LogP contribution in [0.1, 0.15) is 42.1 Å². The average Bonchev–Trinajstić information content (AvgIpc) is 2.43. The first-order chi connectivity index (χ1) is 10.0. The number of amides is 1. The van der Waals surface area contributed by atoms with E-state index < -0.39 is 0 Å². The largest absolute Gasteiger partial charge is 0.337 e. The molecule has 1 unspecified atom stereocenters. The molecule has 1 heterocycles. The number of carbonyl (C=O) groups is 1. The summed E-state index contributed by atoms with van der Waals surface area (Å²) in [6.45, 7) is 7.05. The second-order valence-corrected chi connectivity index (χ2v) is 5.98. The molecule has 116 valence electrons. The van der Waals surface area contributed by atoms with Gasteiger partial charge in [-0.15, -0.1) is 0 Å². The summed E-state index contributed by atoms with van der Waals surface area (Å²) in [4.78, 5) is 16.8. The predicted octanol–water partition coefficient (Wildman–Crippen LogP) is 3.08. The van der Waals surface area contributed by atoms with Crippen LogP contribution in [0.2, 0.25) is 0 Å². The molecule has 1 saturated heterocycles. The Morgan fingerprint density at radius 2 is 2.14 bits per heavy atom. The van der Waals surface area contributed by atoms with Crippen molar-refractivity contribution in [3.05, 3.63) is 35.1 Å². The SMILES string of the molecule is CCCC(CN1CCC1)N(C)C(=O)c1ccc(F)c(C)c1. The van der Waals surface area contributed by atoms with Gasteiger partial charge in [-0.05, 0) is 56.6 Å². The number of aryl methyl sites for hydroxylation is 1. The van der Waals surface area contributed by atoms with E-state index >= 15 is 0 Å². The maximum Gasteiger partial charge on any atom is 0.253 e. The highest BCUT2D eigenvalue weighted by Gasteiger charge is 2.25. The van der Waals surface area contributed by atoms with Crippen LogP contribution in [0.4, 0.5) is 4.39 Å². The molecule has 4 heteroatoms. The van der Waals surface area contributed by atoms with Crippen LogP contribution < -0.4 is 0 Å². The van der Waals surface area contributed by atoms with E-state index in [-0.39, 0.29) is 17.8 Å². The molecule has 0 aromatic heterocycles. The summed E-state index contributed by atoms with van der Waals surface area (Å²) in [6, 6.07) is 4.82. The minimum Gasteiger partial charge on any atom is -0.337 e. The van der Waals surface area contributed by atoms with Gasteiger partial charge in [-0.25, -0.2) is 4.39 Å². The van der Waals surface area contributed by atoms with E-state index in [9.17, 15) is 9.18 Å². The number of hydrogen-bond acceptors (Lipinski definition) is 2. The molecule has 1 aromatic carbocycles. The van der Waals surface area contributed by atoms with Gasteiger partial charge in [-0.2, -0.15) is 0 Å². The lowest BCUT2D eigenvalue weighted by Gasteiger charge is -2.37. The molecule has 21 heavy (non-hydrogen) atoms. The zero-order valence-electron chi connectivity index (χ0n) is 13.2. The molecule has 0 saturated carbocycles. The third kappa shape index (κ3) is 3.82. The molecule has 1 aliphatic rings. The quantitative estimate of drug-likeness (QED) is 0.804. The van der Waals surface area contributed by atoms with Crippen molar-refractivity contribution in [2.75, 3.05) is 26.7 Å². The summed E-state index contributed by atoms with van der Waals surface area (Å²) < 4.78 is 13.3. The van der Waals surface area contributed by atoms with Crippen LogP contribution in [-0.4, -0.2) is 48.4 Å². The van der Waals surface area contributed by atoms with Gasteiger partial charge in [0.05, 0.1) is 0 Å². The summed E-state index contributed by atoms with van der Waals surface area (Å²) in [5, 5.41) is 0. The predicted molar refractivity (Wildman–Crippen MR) is 83.0 cm³/mol. The van der Waals surface area contributed by atoms with Gasteiger partial charge in [0.2, 0.25) is 0 Å². The van der Waals surface area contributed by atoms with E-state index in [0.29, 0.717) is 11.1 Å². The van der Waals surface area contributed by atoms with Gasteiger partial charge in [0.25, 0.3) is 5.91 Å². The van der Waals surface area contributed by atoms with Crippen LogP contribution in [0.25, 0.3) is 0 Å². The summed E-state index contributed by atoms with van der Waals surface area (Å²) in [5.74, 6) is -0.281. The van der Waals surface area contributed by atoms with E-state index in [4.69, 9.17) is 0 Å². The zero-order chi connectivity index (χ0) is 15.4. The van der Waals surface area contributed by atoms with Gasteiger partial charge in [0.1, 0.15) is 5.82 Å². The molecule has 1 atom stereocenters. The zero-order valence-corrected chi connectivity index (χ0v) is 13.2. The number of rotatable bonds is 6. The van der Waals surface area contributed by atoms with Crippen molar-refractivity contribution in [1.29, 1.82) is 0 Å². The lowest BCUT2D eigenvalue weighted by Crippen LogP contribution is -2.49. The third-order valence-corrected chi connectivity index (χ3v) is 4.31. The van der Waals surface area contributed by atoms with E-state index in [2.05, 4.69) is 11.8 Å². The number of nitrogens with zero attached hydrogens (tertiary/aromatic N) is 2. The maximum absolute atomic E-state index is 13.3. The third-order valence-electron chi connectivity index (χ3n) is 4.31. The Morgan fingerprint density at radius 3 is 2.67 bits per heavy atom. The fourth-order valence-electron chi connectivity index (χ4n) is 2.75. The van der Waals surface area contributed by atoms with Gasteiger partial charge in [0.15, 0.2) is 0 Å². The second kappa shape index (κ2) is 7.03.